The minimum Gasteiger partial charge on any atom is -0.378 e. The van der Waals surface area contributed by atoms with E-state index in [2.05, 4.69) is 10.1 Å². The molecule has 2 aromatic rings. The Labute approximate surface area is 133 Å². The van der Waals surface area contributed by atoms with Gasteiger partial charge in [-0.1, -0.05) is 0 Å². The second kappa shape index (κ2) is 5.93. The SMILES string of the molecule is Cc1cc(C(F)(F)F)n(-c2nc(C(=O)N3CCOCC3)cs2)n1. The van der Waals surface area contributed by atoms with E-state index >= 15 is 0 Å². The summed E-state index contributed by atoms with van der Waals surface area (Å²) in [6, 6.07) is 0.949. The van der Waals surface area contributed by atoms with Crippen molar-refractivity contribution in [2.24, 2.45) is 0 Å². The first-order valence-electron chi connectivity index (χ1n) is 6.83. The van der Waals surface area contributed by atoms with Crippen LogP contribution in [0.3, 0.4) is 0 Å². The molecule has 1 aliphatic rings. The molecular weight excluding hydrogens is 333 g/mol. The maximum Gasteiger partial charge on any atom is 0.433 e. The molecule has 0 radical (unpaired) electrons. The number of halogens is 3. The number of alkyl halides is 3. The molecule has 0 spiro atoms. The molecule has 3 heterocycles. The van der Waals surface area contributed by atoms with Crippen LogP contribution in [0.1, 0.15) is 21.9 Å². The van der Waals surface area contributed by atoms with E-state index in [1.807, 2.05) is 0 Å². The van der Waals surface area contributed by atoms with Crippen molar-refractivity contribution in [2.75, 3.05) is 26.3 Å². The second-order valence-corrected chi connectivity index (χ2v) is 5.84. The molecule has 1 aliphatic heterocycles. The van der Waals surface area contributed by atoms with E-state index in [1.165, 1.54) is 12.3 Å². The summed E-state index contributed by atoms with van der Waals surface area (Å²) in [5.41, 5.74) is -0.559. The van der Waals surface area contributed by atoms with E-state index in [4.69, 9.17) is 4.74 Å². The largest absolute Gasteiger partial charge is 0.433 e. The van der Waals surface area contributed by atoms with Crippen LogP contribution >= 0.6 is 11.3 Å². The molecule has 2 aromatic heterocycles. The van der Waals surface area contributed by atoms with Crippen LogP contribution in [0.2, 0.25) is 0 Å². The molecule has 0 atom stereocenters. The Balaban J connectivity index is 1.89. The van der Waals surface area contributed by atoms with Gasteiger partial charge in [0.2, 0.25) is 5.13 Å². The molecular formula is C13H13F3N4O2S. The van der Waals surface area contributed by atoms with Crippen molar-refractivity contribution >= 4 is 17.2 Å². The Kier molecular flexibility index (Phi) is 4.11. The average Bonchev–Trinajstić information content (AvgIpc) is 3.13. The van der Waals surface area contributed by atoms with Gasteiger partial charge >= 0.3 is 6.18 Å². The Bertz CT molecular complexity index is 719. The minimum atomic E-state index is -4.54. The van der Waals surface area contributed by atoms with Crippen molar-refractivity contribution in [2.45, 2.75) is 13.1 Å². The van der Waals surface area contributed by atoms with Crippen LogP contribution in [0.25, 0.3) is 5.13 Å². The molecule has 10 heteroatoms. The summed E-state index contributed by atoms with van der Waals surface area (Å²) in [6.45, 7) is 3.25. The number of nitrogens with zero attached hydrogens (tertiary/aromatic N) is 4. The minimum absolute atomic E-state index is 0.0158. The van der Waals surface area contributed by atoms with Gasteiger partial charge in [-0.05, 0) is 13.0 Å². The van der Waals surface area contributed by atoms with Gasteiger partial charge in [0.05, 0.1) is 18.9 Å². The predicted octanol–water partition coefficient (Wildman–Crippen LogP) is 2.13. The van der Waals surface area contributed by atoms with Crippen LogP contribution in [-0.4, -0.2) is 51.9 Å². The standard InChI is InChI=1S/C13H13F3N4O2S/c1-8-6-10(13(14,15)16)20(18-8)12-17-9(7-23-12)11(21)19-2-4-22-5-3-19/h6-7H,2-5H2,1H3. The monoisotopic (exact) mass is 346 g/mol. The molecule has 0 saturated carbocycles. The summed E-state index contributed by atoms with van der Waals surface area (Å²) in [5.74, 6) is -0.312. The molecule has 0 bridgehead atoms. The molecule has 6 nitrogen and oxygen atoms in total. The zero-order valence-corrected chi connectivity index (χ0v) is 12.9. The molecule has 124 valence electrons. The average molecular weight is 346 g/mol. The first-order chi connectivity index (χ1) is 10.9. The fourth-order valence-electron chi connectivity index (χ4n) is 2.24. The van der Waals surface area contributed by atoms with Crippen molar-refractivity contribution in [1.29, 1.82) is 0 Å². The lowest BCUT2D eigenvalue weighted by Crippen LogP contribution is -2.40. The van der Waals surface area contributed by atoms with Gasteiger partial charge in [-0.25, -0.2) is 9.67 Å². The number of thiazole rings is 1. The summed E-state index contributed by atoms with van der Waals surface area (Å²) in [5, 5.41) is 5.30. The lowest BCUT2D eigenvalue weighted by molar-refractivity contribution is -0.142. The number of morpholine rings is 1. The van der Waals surface area contributed by atoms with Crippen molar-refractivity contribution < 1.29 is 22.7 Å². The molecule has 1 saturated heterocycles. The Morgan fingerprint density at radius 1 is 1.35 bits per heavy atom. The number of carbonyl (C=O) groups is 1. The highest BCUT2D eigenvalue weighted by Crippen LogP contribution is 2.32. The third-order valence-corrected chi connectivity index (χ3v) is 4.13. The lowest BCUT2D eigenvalue weighted by atomic mass is 10.3. The molecule has 23 heavy (non-hydrogen) atoms. The van der Waals surface area contributed by atoms with Gasteiger partial charge in [0, 0.05) is 18.5 Å². The third-order valence-electron chi connectivity index (χ3n) is 3.31. The van der Waals surface area contributed by atoms with Crippen molar-refractivity contribution in [3.63, 3.8) is 0 Å². The first kappa shape index (κ1) is 15.9. The fraction of sp³-hybridized carbons (Fsp3) is 0.462. The number of rotatable bonds is 2. The van der Waals surface area contributed by atoms with Crippen LogP contribution in [0.15, 0.2) is 11.4 Å². The van der Waals surface area contributed by atoms with Crippen molar-refractivity contribution in [3.05, 3.63) is 28.5 Å². The summed E-state index contributed by atoms with van der Waals surface area (Å²) in [7, 11) is 0. The van der Waals surface area contributed by atoms with Gasteiger partial charge in [-0.15, -0.1) is 11.3 Å². The zero-order valence-electron chi connectivity index (χ0n) is 12.1. The second-order valence-electron chi connectivity index (χ2n) is 5.00. The van der Waals surface area contributed by atoms with E-state index in [1.54, 1.807) is 4.90 Å². The smallest absolute Gasteiger partial charge is 0.378 e. The van der Waals surface area contributed by atoms with Gasteiger partial charge < -0.3 is 9.64 Å². The normalized spacial score (nSPS) is 15.9. The summed E-state index contributed by atoms with van der Waals surface area (Å²) < 4.78 is 45.0. The maximum atomic E-state index is 13.0. The lowest BCUT2D eigenvalue weighted by Gasteiger charge is -2.25. The number of carbonyl (C=O) groups excluding carboxylic acids is 1. The predicted molar refractivity (Wildman–Crippen MR) is 75.7 cm³/mol. The highest BCUT2D eigenvalue weighted by Gasteiger charge is 2.36. The molecule has 0 aliphatic carbocycles. The molecule has 1 amide bonds. The fourth-order valence-corrected chi connectivity index (χ4v) is 3.00. The Morgan fingerprint density at radius 3 is 2.70 bits per heavy atom. The van der Waals surface area contributed by atoms with Gasteiger partial charge in [0.1, 0.15) is 5.69 Å². The Hall–Kier alpha value is -1.94. The first-order valence-corrected chi connectivity index (χ1v) is 7.71. The van der Waals surface area contributed by atoms with Crippen LogP contribution in [-0.2, 0) is 10.9 Å². The molecule has 0 unspecified atom stereocenters. The quantitative estimate of drug-likeness (QED) is 0.836. The van der Waals surface area contributed by atoms with Gasteiger partial charge in [0.15, 0.2) is 5.69 Å². The summed E-state index contributed by atoms with van der Waals surface area (Å²) in [4.78, 5) is 17.9. The van der Waals surface area contributed by atoms with Gasteiger partial charge in [-0.2, -0.15) is 18.3 Å². The van der Waals surface area contributed by atoms with E-state index in [0.29, 0.717) is 26.3 Å². The number of aromatic nitrogens is 3. The number of ether oxygens (including phenoxy) is 1. The highest BCUT2D eigenvalue weighted by molar-refractivity contribution is 7.12. The number of hydrogen-bond donors (Lipinski definition) is 0. The van der Waals surface area contributed by atoms with Crippen LogP contribution in [0, 0.1) is 6.92 Å². The summed E-state index contributed by atoms with van der Waals surface area (Å²) >= 11 is 0.949. The van der Waals surface area contributed by atoms with Crippen LogP contribution in [0.5, 0.6) is 0 Å². The topological polar surface area (TPSA) is 60.2 Å². The molecule has 0 N–H and O–H groups in total. The molecule has 0 aromatic carbocycles. The number of amides is 1. The van der Waals surface area contributed by atoms with E-state index in [-0.39, 0.29) is 22.4 Å². The zero-order chi connectivity index (χ0) is 16.6. The molecule has 1 fully saturated rings. The van der Waals surface area contributed by atoms with Crippen molar-refractivity contribution in [1.82, 2.24) is 19.7 Å². The van der Waals surface area contributed by atoms with E-state index in [0.717, 1.165) is 22.1 Å². The summed E-state index contributed by atoms with van der Waals surface area (Å²) in [6.07, 6.45) is -4.54. The van der Waals surface area contributed by atoms with Gasteiger partial charge in [0.25, 0.3) is 5.91 Å². The number of aryl methyl sites for hydroxylation is 1. The maximum absolute atomic E-state index is 13.0. The number of hydrogen-bond acceptors (Lipinski definition) is 5. The molecule has 3 rings (SSSR count). The Morgan fingerprint density at radius 2 is 2.04 bits per heavy atom. The van der Waals surface area contributed by atoms with E-state index < -0.39 is 11.9 Å². The van der Waals surface area contributed by atoms with Gasteiger partial charge in [-0.3, -0.25) is 4.79 Å². The van der Waals surface area contributed by atoms with E-state index in [9.17, 15) is 18.0 Å². The highest BCUT2D eigenvalue weighted by atomic mass is 32.1. The van der Waals surface area contributed by atoms with Crippen LogP contribution in [0.4, 0.5) is 13.2 Å². The van der Waals surface area contributed by atoms with Crippen molar-refractivity contribution in [3.8, 4) is 5.13 Å². The van der Waals surface area contributed by atoms with Crippen LogP contribution < -0.4 is 0 Å². The third kappa shape index (κ3) is 3.22.